The molecule has 7 nitrogen and oxygen atoms in total. The molecule has 0 saturated carbocycles. The molecule has 0 bridgehead atoms. The van der Waals surface area contributed by atoms with Crippen molar-refractivity contribution < 1.29 is 27.9 Å². The van der Waals surface area contributed by atoms with Crippen LogP contribution in [0.2, 0.25) is 0 Å². The molecule has 2 aromatic carbocycles. The van der Waals surface area contributed by atoms with Gasteiger partial charge in [-0.2, -0.15) is 0 Å². The van der Waals surface area contributed by atoms with Crippen molar-refractivity contribution in [3.05, 3.63) is 63.6 Å². The Morgan fingerprint density at radius 3 is 2.51 bits per heavy atom. The highest BCUT2D eigenvalue weighted by molar-refractivity contribution is 9.10. The zero-order valence-electron chi connectivity index (χ0n) is 19.8. The number of piperidine rings is 1. The number of halogens is 3. The first-order valence-corrected chi connectivity index (χ1v) is 12.0. The minimum absolute atomic E-state index is 0.0405. The van der Waals surface area contributed by atoms with Gasteiger partial charge in [0.2, 0.25) is 0 Å². The van der Waals surface area contributed by atoms with E-state index in [9.17, 15) is 23.2 Å². The van der Waals surface area contributed by atoms with Gasteiger partial charge in [0.15, 0.2) is 0 Å². The highest BCUT2D eigenvalue weighted by Gasteiger charge is 2.28. The van der Waals surface area contributed by atoms with Crippen molar-refractivity contribution in [1.29, 1.82) is 0 Å². The van der Waals surface area contributed by atoms with E-state index >= 15 is 0 Å². The van der Waals surface area contributed by atoms with Crippen molar-refractivity contribution in [1.82, 2.24) is 10.2 Å². The summed E-state index contributed by atoms with van der Waals surface area (Å²) >= 11 is 3.32. The summed E-state index contributed by atoms with van der Waals surface area (Å²) in [6.45, 7) is 6.81. The number of rotatable bonds is 5. The van der Waals surface area contributed by atoms with E-state index in [0.29, 0.717) is 30.2 Å². The van der Waals surface area contributed by atoms with Gasteiger partial charge in [0.25, 0.3) is 11.8 Å². The molecule has 0 aliphatic carbocycles. The fourth-order valence-corrected chi connectivity index (χ4v) is 4.09. The number of hydrogen-bond donors (Lipinski definition) is 2. The van der Waals surface area contributed by atoms with Gasteiger partial charge in [-0.1, -0.05) is 15.9 Å². The third-order valence-electron chi connectivity index (χ3n) is 5.37. The largest absolute Gasteiger partial charge is 0.444 e. The first-order chi connectivity index (χ1) is 16.4. The van der Waals surface area contributed by atoms with Gasteiger partial charge in [-0.3, -0.25) is 9.59 Å². The minimum atomic E-state index is -1.00. The molecule has 1 unspecified atom stereocenters. The number of anilines is 1. The molecule has 1 aliphatic heterocycles. The van der Waals surface area contributed by atoms with Crippen LogP contribution in [0, 0.1) is 17.6 Å². The molecule has 0 radical (unpaired) electrons. The second kappa shape index (κ2) is 11.2. The summed E-state index contributed by atoms with van der Waals surface area (Å²) in [5.74, 6) is -3.00. The summed E-state index contributed by atoms with van der Waals surface area (Å²) in [5.41, 5.74) is -0.574. The lowest BCUT2D eigenvalue weighted by atomic mass is 9.98. The number of nitrogens with one attached hydrogen (secondary N) is 2. The topological polar surface area (TPSA) is 87.7 Å². The summed E-state index contributed by atoms with van der Waals surface area (Å²) in [6, 6.07) is 7.33. The van der Waals surface area contributed by atoms with Crippen molar-refractivity contribution >= 4 is 39.5 Å². The minimum Gasteiger partial charge on any atom is -0.444 e. The number of ether oxygens (including phenoxy) is 1. The number of carbonyl (C=O) groups is 3. The zero-order chi connectivity index (χ0) is 25.8. The van der Waals surface area contributed by atoms with Gasteiger partial charge in [0, 0.05) is 30.2 Å². The van der Waals surface area contributed by atoms with E-state index in [1.165, 1.54) is 6.07 Å². The van der Waals surface area contributed by atoms with Crippen molar-refractivity contribution in [2.45, 2.75) is 39.2 Å². The van der Waals surface area contributed by atoms with Gasteiger partial charge in [0.1, 0.15) is 17.2 Å². The van der Waals surface area contributed by atoms with Gasteiger partial charge in [-0.05, 0) is 69.9 Å². The maximum atomic E-state index is 14.0. The van der Waals surface area contributed by atoms with Crippen LogP contribution in [0.15, 0.2) is 40.9 Å². The van der Waals surface area contributed by atoms with Gasteiger partial charge in [0.05, 0.1) is 16.8 Å². The number of benzene rings is 2. The molecule has 3 rings (SSSR count). The number of hydrogen-bond acceptors (Lipinski definition) is 4. The Labute approximate surface area is 211 Å². The van der Waals surface area contributed by atoms with Crippen LogP contribution >= 0.6 is 15.9 Å². The average molecular weight is 552 g/mol. The summed E-state index contributed by atoms with van der Waals surface area (Å²) in [4.78, 5) is 39.6. The Balaban J connectivity index is 1.66. The lowest BCUT2D eigenvalue weighted by molar-refractivity contribution is 0.0167. The highest BCUT2D eigenvalue weighted by Crippen LogP contribution is 2.24. The Kier molecular flexibility index (Phi) is 8.47. The van der Waals surface area contributed by atoms with Crippen molar-refractivity contribution in [2.75, 3.05) is 25.0 Å². The van der Waals surface area contributed by atoms with E-state index in [-0.39, 0.29) is 28.8 Å². The second-order valence-corrected chi connectivity index (χ2v) is 10.3. The quantitative estimate of drug-likeness (QED) is 0.523. The third kappa shape index (κ3) is 7.48. The standard InChI is InChI=1S/C25H28BrF2N3O4/c1-25(2,3)35-24(34)31-10-4-5-15(14-31)13-29-22(32)19-11-16(26)6-9-21(19)30-23(33)18-8-7-17(27)12-20(18)28/h6-9,11-12,15H,4-5,10,13-14H2,1-3H3,(H,29,32)(H,30,33). The SMILES string of the molecule is CC(C)(C)OC(=O)N1CCCC(CNC(=O)c2cc(Br)ccc2NC(=O)c2ccc(F)cc2F)C1. The fourth-order valence-electron chi connectivity index (χ4n) is 3.73. The number of amides is 3. The maximum absolute atomic E-state index is 14.0. The lowest BCUT2D eigenvalue weighted by Gasteiger charge is -2.34. The normalized spacial score (nSPS) is 15.9. The Bertz CT molecular complexity index is 1120. The molecule has 0 aromatic heterocycles. The number of nitrogens with zero attached hydrogens (tertiary/aromatic N) is 1. The van der Waals surface area contributed by atoms with E-state index in [2.05, 4.69) is 26.6 Å². The van der Waals surface area contributed by atoms with Crippen LogP contribution in [0.4, 0.5) is 19.3 Å². The predicted molar refractivity (Wildman–Crippen MR) is 131 cm³/mol. The third-order valence-corrected chi connectivity index (χ3v) is 5.87. The van der Waals surface area contributed by atoms with Crippen LogP contribution in [0.3, 0.4) is 0 Å². The number of likely N-dealkylation sites (tertiary alicyclic amines) is 1. The van der Waals surface area contributed by atoms with E-state index in [1.54, 1.807) is 17.0 Å². The first-order valence-electron chi connectivity index (χ1n) is 11.2. The Morgan fingerprint density at radius 1 is 1.09 bits per heavy atom. The second-order valence-electron chi connectivity index (χ2n) is 9.41. The molecule has 35 heavy (non-hydrogen) atoms. The zero-order valence-corrected chi connectivity index (χ0v) is 21.4. The predicted octanol–water partition coefficient (Wildman–Crippen LogP) is 5.36. The number of carbonyl (C=O) groups excluding carboxylic acids is 3. The molecule has 188 valence electrons. The van der Waals surface area contributed by atoms with Crippen LogP contribution in [0.5, 0.6) is 0 Å². The van der Waals surface area contributed by atoms with Crippen molar-refractivity contribution in [3.63, 3.8) is 0 Å². The fraction of sp³-hybridized carbons (Fsp3) is 0.400. The molecule has 2 aromatic rings. The molecule has 1 fully saturated rings. The van der Waals surface area contributed by atoms with Crippen LogP contribution in [0.25, 0.3) is 0 Å². The van der Waals surface area contributed by atoms with E-state index in [1.807, 2.05) is 20.8 Å². The Morgan fingerprint density at radius 2 is 1.83 bits per heavy atom. The molecule has 3 amide bonds. The molecular weight excluding hydrogens is 524 g/mol. The van der Waals surface area contributed by atoms with E-state index in [0.717, 1.165) is 25.0 Å². The van der Waals surface area contributed by atoms with Crippen molar-refractivity contribution in [2.24, 2.45) is 5.92 Å². The van der Waals surface area contributed by atoms with E-state index < -0.39 is 29.0 Å². The molecule has 1 aliphatic rings. The van der Waals surface area contributed by atoms with Gasteiger partial charge in [-0.25, -0.2) is 13.6 Å². The molecular formula is C25H28BrF2N3O4. The molecule has 0 spiro atoms. The van der Waals surface area contributed by atoms with Gasteiger partial charge >= 0.3 is 6.09 Å². The van der Waals surface area contributed by atoms with Crippen molar-refractivity contribution in [3.8, 4) is 0 Å². The lowest BCUT2D eigenvalue weighted by Crippen LogP contribution is -2.45. The summed E-state index contributed by atoms with van der Waals surface area (Å²) in [7, 11) is 0. The molecule has 1 saturated heterocycles. The Hall–Kier alpha value is -3.01. The molecule has 1 atom stereocenters. The summed E-state index contributed by atoms with van der Waals surface area (Å²) < 4.78 is 33.2. The van der Waals surface area contributed by atoms with Crippen LogP contribution in [-0.4, -0.2) is 48.0 Å². The van der Waals surface area contributed by atoms with Gasteiger partial charge in [-0.15, -0.1) is 0 Å². The summed E-state index contributed by atoms with van der Waals surface area (Å²) in [5, 5.41) is 5.39. The van der Waals surface area contributed by atoms with Crippen LogP contribution in [0.1, 0.15) is 54.3 Å². The maximum Gasteiger partial charge on any atom is 0.410 e. The molecule has 2 N–H and O–H groups in total. The average Bonchev–Trinajstić information content (AvgIpc) is 2.77. The van der Waals surface area contributed by atoms with Crippen LogP contribution < -0.4 is 10.6 Å². The van der Waals surface area contributed by atoms with Crippen LogP contribution in [-0.2, 0) is 4.74 Å². The van der Waals surface area contributed by atoms with Gasteiger partial charge < -0.3 is 20.3 Å². The monoisotopic (exact) mass is 551 g/mol. The molecule has 10 heteroatoms. The smallest absolute Gasteiger partial charge is 0.410 e. The first kappa shape index (κ1) is 26.6. The molecule has 1 heterocycles. The highest BCUT2D eigenvalue weighted by atomic mass is 79.9. The summed E-state index contributed by atoms with van der Waals surface area (Å²) in [6.07, 6.45) is 1.26. The van der Waals surface area contributed by atoms with E-state index in [4.69, 9.17) is 4.74 Å².